The molecule has 134 valence electrons. The molecule has 0 aliphatic heterocycles. The van der Waals surface area contributed by atoms with Gasteiger partial charge in [-0.2, -0.15) is 5.11 Å². The number of azo groups is 1. The van der Waals surface area contributed by atoms with E-state index in [1.807, 2.05) is 36.4 Å². The van der Waals surface area contributed by atoms with E-state index in [9.17, 15) is 0 Å². The second kappa shape index (κ2) is 10.6. The second-order valence-electron chi connectivity index (χ2n) is 5.54. The summed E-state index contributed by atoms with van der Waals surface area (Å²) in [5, 5.41) is 8.65. The largest absolute Gasteiger partial charge is 0.495 e. The van der Waals surface area contributed by atoms with E-state index in [1.54, 1.807) is 7.11 Å². The number of hydrogen-bond donors (Lipinski definition) is 0. The molecule has 6 heteroatoms. The fourth-order valence-electron chi connectivity index (χ4n) is 2.20. The minimum absolute atomic E-state index is 0.651. The lowest BCUT2D eigenvalue weighted by Gasteiger charge is -2.11. The van der Waals surface area contributed by atoms with E-state index in [0.29, 0.717) is 23.8 Å². The van der Waals surface area contributed by atoms with E-state index in [-0.39, 0.29) is 0 Å². The number of nitrogens with zero attached hydrogens (tertiary/aromatic N) is 2. The van der Waals surface area contributed by atoms with E-state index < -0.39 is 0 Å². The molecule has 0 unspecified atom stereocenters. The van der Waals surface area contributed by atoms with Gasteiger partial charge in [-0.3, -0.25) is 0 Å². The molecule has 2 aromatic rings. The maximum absolute atomic E-state index is 5.92. The third kappa shape index (κ3) is 6.44. The van der Waals surface area contributed by atoms with Gasteiger partial charge in [-0.15, -0.1) is 5.11 Å². The van der Waals surface area contributed by atoms with Crippen molar-refractivity contribution in [3.05, 3.63) is 45.3 Å². The zero-order valence-electron chi connectivity index (χ0n) is 14.5. The summed E-state index contributed by atoms with van der Waals surface area (Å²) in [6.45, 7) is 2.86. The normalized spacial score (nSPS) is 11.0. The molecule has 0 atom stereocenters. The summed E-state index contributed by atoms with van der Waals surface area (Å²) in [6, 6.07) is 11.4. The Balaban J connectivity index is 2.16. The van der Waals surface area contributed by atoms with Gasteiger partial charge >= 0.3 is 0 Å². The van der Waals surface area contributed by atoms with Crippen molar-refractivity contribution in [2.75, 3.05) is 13.7 Å². The number of unbranched alkanes of at least 4 members (excludes halogenated alkanes) is 3. The lowest BCUT2D eigenvalue weighted by Crippen LogP contribution is -1.98. The quantitative estimate of drug-likeness (QED) is 0.280. The van der Waals surface area contributed by atoms with E-state index >= 15 is 0 Å². The molecule has 0 radical (unpaired) electrons. The van der Waals surface area contributed by atoms with Gasteiger partial charge < -0.3 is 9.47 Å². The third-order valence-corrected chi connectivity index (χ3v) is 4.74. The SMILES string of the molecule is CCCCCCOc1cc(Br)c(OC)cc1N=Nc1ccc(Br)cc1. The van der Waals surface area contributed by atoms with Crippen molar-refractivity contribution in [3.63, 3.8) is 0 Å². The lowest BCUT2D eigenvalue weighted by molar-refractivity contribution is 0.305. The van der Waals surface area contributed by atoms with Gasteiger partial charge in [0.25, 0.3) is 0 Å². The standard InChI is InChI=1S/C19H22Br2N2O2/c1-3-4-5-6-11-25-19-12-16(21)18(24-2)13-17(19)23-22-15-9-7-14(20)8-10-15/h7-10,12-13H,3-6,11H2,1-2H3. The fraction of sp³-hybridized carbons (Fsp3) is 0.368. The van der Waals surface area contributed by atoms with Crippen LogP contribution >= 0.6 is 31.9 Å². The molecule has 2 aromatic carbocycles. The first-order chi connectivity index (χ1) is 12.1. The van der Waals surface area contributed by atoms with Gasteiger partial charge in [0.1, 0.15) is 17.2 Å². The molecule has 0 amide bonds. The number of halogens is 2. The van der Waals surface area contributed by atoms with Crippen LogP contribution in [-0.2, 0) is 0 Å². The van der Waals surface area contributed by atoms with Gasteiger partial charge in [0, 0.05) is 16.6 Å². The highest BCUT2D eigenvalue weighted by Gasteiger charge is 2.10. The molecule has 0 heterocycles. The number of methoxy groups -OCH3 is 1. The first kappa shape index (κ1) is 19.9. The van der Waals surface area contributed by atoms with Crippen molar-refractivity contribution in [3.8, 4) is 11.5 Å². The summed E-state index contributed by atoms with van der Waals surface area (Å²) in [4.78, 5) is 0. The van der Waals surface area contributed by atoms with Gasteiger partial charge in [-0.1, -0.05) is 42.1 Å². The Hall–Kier alpha value is -1.40. The molecular weight excluding hydrogens is 448 g/mol. The molecule has 0 spiro atoms. The van der Waals surface area contributed by atoms with Crippen LogP contribution in [0.3, 0.4) is 0 Å². The molecule has 0 saturated heterocycles. The highest BCUT2D eigenvalue weighted by Crippen LogP contribution is 2.39. The number of ether oxygens (including phenoxy) is 2. The highest BCUT2D eigenvalue weighted by atomic mass is 79.9. The molecule has 0 aromatic heterocycles. The molecule has 25 heavy (non-hydrogen) atoms. The highest BCUT2D eigenvalue weighted by molar-refractivity contribution is 9.10. The summed E-state index contributed by atoms with van der Waals surface area (Å²) in [6.07, 6.45) is 4.64. The molecular formula is C19H22Br2N2O2. The average molecular weight is 470 g/mol. The first-order valence-corrected chi connectivity index (χ1v) is 9.90. The van der Waals surface area contributed by atoms with Crippen LogP contribution in [0.1, 0.15) is 32.6 Å². The Morgan fingerprint density at radius 2 is 1.68 bits per heavy atom. The minimum atomic E-state index is 0.651. The van der Waals surface area contributed by atoms with Gasteiger partial charge in [0.2, 0.25) is 0 Å². The van der Waals surface area contributed by atoms with Crippen LogP contribution in [0.4, 0.5) is 11.4 Å². The molecule has 0 aliphatic rings. The van der Waals surface area contributed by atoms with Crippen LogP contribution in [0.5, 0.6) is 11.5 Å². The third-order valence-electron chi connectivity index (χ3n) is 3.59. The second-order valence-corrected chi connectivity index (χ2v) is 7.31. The van der Waals surface area contributed by atoms with E-state index in [1.165, 1.54) is 19.3 Å². The van der Waals surface area contributed by atoms with Gasteiger partial charge in [0.15, 0.2) is 0 Å². The summed E-state index contributed by atoms with van der Waals surface area (Å²) < 4.78 is 13.1. The molecule has 0 fully saturated rings. The van der Waals surface area contributed by atoms with E-state index in [0.717, 1.165) is 21.1 Å². The summed E-state index contributed by atoms with van der Waals surface area (Å²) in [5.41, 5.74) is 1.43. The van der Waals surface area contributed by atoms with Crippen molar-refractivity contribution in [1.29, 1.82) is 0 Å². The predicted octanol–water partition coefficient (Wildman–Crippen LogP) is 7.59. The lowest BCUT2D eigenvalue weighted by atomic mass is 10.2. The van der Waals surface area contributed by atoms with E-state index in [2.05, 4.69) is 49.0 Å². The Morgan fingerprint density at radius 1 is 0.920 bits per heavy atom. The maximum atomic E-state index is 5.92. The minimum Gasteiger partial charge on any atom is -0.495 e. The van der Waals surface area contributed by atoms with Gasteiger partial charge in [0.05, 0.1) is 23.9 Å². The summed E-state index contributed by atoms with van der Waals surface area (Å²) >= 11 is 6.91. The van der Waals surface area contributed by atoms with Gasteiger partial charge in [-0.25, -0.2) is 0 Å². The van der Waals surface area contributed by atoms with Crippen LogP contribution in [0.25, 0.3) is 0 Å². The van der Waals surface area contributed by atoms with Crippen molar-refractivity contribution in [1.82, 2.24) is 0 Å². The van der Waals surface area contributed by atoms with Crippen LogP contribution in [0, 0.1) is 0 Å². The number of rotatable bonds is 9. The molecule has 0 bridgehead atoms. The van der Waals surface area contributed by atoms with Crippen LogP contribution in [0.15, 0.2) is 55.6 Å². The van der Waals surface area contributed by atoms with Crippen molar-refractivity contribution in [2.45, 2.75) is 32.6 Å². The Labute approximate surface area is 165 Å². The van der Waals surface area contributed by atoms with Crippen molar-refractivity contribution in [2.24, 2.45) is 10.2 Å². The van der Waals surface area contributed by atoms with Crippen molar-refractivity contribution < 1.29 is 9.47 Å². The zero-order chi connectivity index (χ0) is 18.1. The maximum Gasteiger partial charge on any atom is 0.148 e. The molecule has 2 rings (SSSR count). The van der Waals surface area contributed by atoms with Crippen LogP contribution in [0.2, 0.25) is 0 Å². The Morgan fingerprint density at radius 3 is 2.36 bits per heavy atom. The Bertz CT molecular complexity index is 703. The molecule has 4 nitrogen and oxygen atoms in total. The van der Waals surface area contributed by atoms with Crippen LogP contribution < -0.4 is 9.47 Å². The number of benzene rings is 2. The monoisotopic (exact) mass is 468 g/mol. The molecule has 0 saturated carbocycles. The van der Waals surface area contributed by atoms with E-state index in [4.69, 9.17) is 9.47 Å². The van der Waals surface area contributed by atoms with Crippen molar-refractivity contribution >= 4 is 43.2 Å². The summed E-state index contributed by atoms with van der Waals surface area (Å²) in [7, 11) is 1.63. The summed E-state index contributed by atoms with van der Waals surface area (Å²) in [5.74, 6) is 1.40. The predicted molar refractivity (Wildman–Crippen MR) is 109 cm³/mol. The molecule has 0 aliphatic carbocycles. The van der Waals surface area contributed by atoms with Crippen LogP contribution in [-0.4, -0.2) is 13.7 Å². The smallest absolute Gasteiger partial charge is 0.148 e. The molecule has 0 N–H and O–H groups in total. The average Bonchev–Trinajstić information content (AvgIpc) is 2.62. The fourth-order valence-corrected chi connectivity index (χ4v) is 2.95. The zero-order valence-corrected chi connectivity index (χ0v) is 17.6. The topological polar surface area (TPSA) is 43.2 Å². The first-order valence-electron chi connectivity index (χ1n) is 8.31. The number of hydrogen-bond acceptors (Lipinski definition) is 4. The van der Waals surface area contributed by atoms with Gasteiger partial charge in [-0.05, 0) is 46.6 Å². The Kier molecular flexibility index (Phi) is 8.41.